The highest BCUT2D eigenvalue weighted by atomic mass is 28.4. The molecule has 238 valence electrons. The number of nitrogens with zero attached hydrogens (tertiary/aromatic N) is 1. The summed E-state index contributed by atoms with van der Waals surface area (Å²) in [6.07, 6.45) is 3.40. The van der Waals surface area contributed by atoms with Crippen LogP contribution in [0.15, 0.2) is 59.4 Å². The van der Waals surface area contributed by atoms with Crippen molar-refractivity contribution in [3.8, 4) is 11.5 Å². The summed E-state index contributed by atoms with van der Waals surface area (Å²) in [6, 6.07) is 14.7. The number of aromatic nitrogens is 1. The molecule has 0 saturated heterocycles. The molecule has 1 atom stereocenters. The van der Waals surface area contributed by atoms with Gasteiger partial charge in [-0.3, -0.25) is 4.79 Å². The molecule has 0 aliphatic carbocycles. The molecule has 4 aromatic rings. The van der Waals surface area contributed by atoms with Gasteiger partial charge in [-0.15, -0.1) is 0 Å². The molecule has 0 saturated carbocycles. The topological polar surface area (TPSA) is 110 Å². The molecule has 0 radical (unpaired) electrons. The summed E-state index contributed by atoms with van der Waals surface area (Å²) in [4.78, 5) is 32.2. The van der Waals surface area contributed by atoms with Crippen LogP contribution in [0.2, 0.25) is 18.1 Å². The molecule has 1 aliphatic heterocycles. The van der Waals surface area contributed by atoms with E-state index < -0.39 is 26.6 Å². The summed E-state index contributed by atoms with van der Waals surface area (Å²) in [6.45, 7) is 11.0. The van der Waals surface area contributed by atoms with Crippen LogP contribution in [0.25, 0.3) is 27.8 Å². The van der Waals surface area contributed by atoms with E-state index in [4.69, 9.17) is 18.6 Å². The molecule has 5 rings (SSSR count). The lowest BCUT2D eigenvalue weighted by Crippen LogP contribution is -2.57. The Morgan fingerprint density at radius 3 is 2.40 bits per heavy atom. The van der Waals surface area contributed by atoms with E-state index in [2.05, 4.69) is 44.9 Å². The summed E-state index contributed by atoms with van der Waals surface area (Å²) in [5.41, 5.74) is 1.64. The number of methoxy groups -OCH3 is 3. The number of benzene rings is 2. The number of hydrogen-bond acceptors (Lipinski definition) is 8. The number of aromatic amines is 1. The maximum absolute atomic E-state index is 13.7. The third-order valence-corrected chi connectivity index (χ3v) is 13.8. The maximum Gasteiger partial charge on any atom is 0.336 e. The molecule has 45 heavy (non-hydrogen) atoms. The van der Waals surface area contributed by atoms with Crippen LogP contribution < -0.4 is 19.8 Å². The summed E-state index contributed by atoms with van der Waals surface area (Å²) in [7, 11) is 2.46. The van der Waals surface area contributed by atoms with Crippen molar-refractivity contribution in [1.29, 1.82) is 0 Å². The molecule has 2 N–H and O–H groups in total. The average molecular weight is 631 g/mol. The summed E-state index contributed by atoms with van der Waals surface area (Å²) < 4.78 is 22.8. The van der Waals surface area contributed by atoms with Gasteiger partial charge in [-0.1, -0.05) is 39.0 Å². The summed E-state index contributed by atoms with van der Waals surface area (Å²) >= 11 is 0. The first-order valence-corrected chi connectivity index (χ1v) is 17.8. The van der Waals surface area contributed by atoms with Crippen LogP contribution in [0.4, 0.5) is 5.69 Å². The van der Waals surface area contributed by atoms with Gasteiger partial charge in [0.25, 0.3) is 0 Å². The highest BCUT2D eigenvalue weighted by Gasteiger charge is 2.47. The van der Waals surface area contributed by atoms with E-state index in [1.165, 1.54) is 13.2 Å². The lowest BCUT2D eigenvalue weighted by atomic mass is 9.84. The van der Waals surface area contributed by atoms with E-state index in [9.17, 15) is 14.7 Å². The number of hydrogen-bond donors (Lipinski definition) is 2. The average Bonchev–Trinajstić information content (AvgIpc) is 3.36. The van der Waals surface area contributed by atoms with E-state index in [0.717, 1.165) is 22.0 Å². The van der Waals surface area contributed by atoms with Crippen LogP contribution in [0.3, 0.4) is 0 Å². The number of carbonyl (C=O) groups excluding carboxylic acids is 1. The smallest absolute Gasteiger partial charge is 0.336 e. The number of rotatable bonds is 9. The quantitative estimate of drug-likeness (QED) is 0.167. The second-order valence-corrected chi connectivity index (χ2v) is 17.8. The Morgan fingerprint density at radius 2 is 1.76 bits per heavy atom. The number of H-pyrrole nitrogens is 1. The van der Waals surface area contributed by atoms with Crippen molar-refractivity contribution in [2.24, 2.45) is 0 Å². The van der Waals surface area contributed by atoms with Gasteiger partial charge < -0.3 is 33.6 Å². The van der Waals surface area contributed by atoms with Crippen molar-refractivity contribution < 1.29 is 28.5 Å². The van der Waals surface area contributed by atoms with Crippen molar-refractivity contribution in [2.45, 2.75) is 57.5 Å². The van der Waals surface area contributed by atoms with Crippen molar-refractivity contribution in [3.05, 3.63) is 81.7 Å². The molecule has 3 aromatic carbocycles. The molecule has 2 heterocycles. The van der Waals surface area contributed by atoms with Crippen LogP contribution in [0.1, 0.15) is 37.6 Å². The molecule has 10 heteroatoms. The van der Waals surface area contributed by atoms with Gasteiger partial charge in [-0.05, 0) is 65.5 Å². The second kappa shape index (κ2) is 12.0. The Kier molecular flexibility index (Phi) is 8.61. The first-order chi connectivity index (χ1) is 21.3. The first-order valence-electron chi connectivity index (χ1n) is 14.9. The SMILES string of the molecule is COC(=O)C1(Cc2ccc(OC)cc2OC)C=Cc2c(c3cc4cc(CO[Si](C)(C)C(C)(C)C)[nH]c4cc3ccc2=O)N1CO. The van der Waals surface area contributed by atoms with E-state index in [-0.39, 0.29) is 16.9 Å². The molecular formula is C35H42N2O7Si. The highest BCUT2D eigenvalue weighted by Crippen LogP contribution is 2.43. The van der Waals surface area contributed by atoms with Gasteiger partial charge in [0, 0.05) is 40.0 Å². The molecule has 0 fully saturated rings. The molecule has 0 amide bonds. The van der Waals surface area contributed by atoms with Gasteiger partial charge in [0.1, 0.15) is 18.2 Å². The van der Waals surface area contributed by atoms with Crippen LogP contribution in [-0.4, -0.2) is 58.0 Å². The Balaban J connectivity index is 1.68. The summed E-state index contributed by atoms with van der Waals surface area (Å²) in [5, 5.41) is 13.5. The predicted octanol–water partition coefficient (Wildman–Crippen LogP) is 6.16. The third-order valence-electron chi connectivity index (χ3n) is 9.34. The fourth-order valence-corrected chi connectivity index (χ4v) is 6.65. The highest BCUT2D eigenvalue weighted by molar-refractivity contribution is 6.74. The Bertz CT molecular complexity index is 1860. The van der Waals surface area contributed by atoms with Crippen molar-refractivity contribution in [2.75, 3.05) is 33.0 Å². The number of nitrogens with one attached hydrogen (secondary N) is 1. The minimum absolute atomic E-state index is 0.0841. The standard InChI is InChI=1S/C35H42N2O7Si/c1-34(2,3)45(7,8)44-20-25-15-24-16-28-22(17-29(24)36-25)10-12-30(39)27-13-14-35(33(40)43-6,37(21-38)32(27)28)19-23-9-11-26(41-4)18-31(23)42-5/h9-18,36,38H,19-21H2,1-8H3. The predicted molar refractivity (Wildman–Crippen MR) is 181 cm³/mol. The van der Waals surface area contributed by atoms with Crippen LogP contribution in [0.5, 0.6) is 11.5 Å². The molecule has 1 aliphatic rings. The van der Waals surface area contributed by atoms with Gasteiger partial charge in [0.05, 0.1) is 33.6 Å². The lowest BCUT2D eigenvalue weighted by molar-refractivity contribution is -0.145. The molecule has 0 bridgehead atoms. The Labute approximate surface area is 264 Å². The molecular weight excluding hydrogens is 588 g/mol. The number of aliphatic hydroxyl groups excluding tert-OH is 1. The maximum atomic E-state index is 13.7. The zero-order chi connectivity index (χ0) is 32.7. The van der Waals surface area contributed by atoms with E-state index in [1.54, 1.807) is 49.5 Å². The van der Waals surface area contributed by atoms with Gasteiger partial charge in [0.2, 0.25) is 0 Å². The second-order valence-electron chi connectivity index (χ2n) is 13.0. The van der Waals surface area contributed by atoms with E-state index in [0.29, 0.717) is 40.3 Å². The normalized spacial score (nSPS) is 16.6. The molecule has 0 spiro atoms. The third kappa shape index (κ3) is 5.74. The fourth-order valence-electron chi connectivity index (χ4n) is 5.70. The van der Waals surface area contributed by atoms with Crippen molar-refractivity contribution in [1.82, 2.24) is 4.98 Å². The fraction of sp³-hybridized carbons (Fsp3) is 0.371. The van der Waals surface area contributed by atoms with Gasteiger partial charge in [-0.2, -0.15) is 0 Å². The zero-order valence-electron chi connectivity index (χ0n) is 27.2. The van der Waals surface area contributed by atoms with Crippen LogP contribution >= 0.6 is 0 Å². The van der Waals surface area contributed by atoms with Crippen LogP contribution in [-0.2, 0) is 27.0 Å². The molecule has 1 aromatic heterocycles. The number of aliphatic hydroxyl groups is 1. The molecule has 1 unspecified atom stereocenters. The number of carbonyl (C=O) groups is 1. The van der Waals surface area contributed by atoms with Gasteiger partial charge in [0.15, 0.2) is 19.3 Å². The summed E-state index contributed by atoms with van der Waals surface area (Å²) in [5.74, 6) is 0.533. The number of fused-ring (bicyclic) bond motifs is 4. The van der Waals surface area contributed by atoms with Crippen molar-refractivity contribution >= 4 is 47.7 Å². The monoisotopic (exact) mass is 630 g/mol. The molecule has 9 nitrogen and oxygen atoms in total. The van der Waals surface area contributed by atoms with Gasteiger partial charge >= 0.3 is 5.97 Å². The van der Waals surface area contributed by atoms with E-state index in [1.807, 2.05) is 18.2 Å². The Hall–Kier alpha value is -4.12. The lowest BCUT2D eigenvalue weighted by Gasteiger charge is -2.43. The number of ether oxygens (including phenoxy) is 3. The number of anilines is 1. The van der Waals surface area contributed by atoms with E-state index >= 15 is 0 Å². The largest absolute Gasteiger partial charge is 0.497 e. The van der Waals surface area contributed by atoms with Crippen molar-refractivity contribution in [3.63, 3.8) is 0 Å². The Morgan fingerprint density at radius 1 is 1.00 bits per heavy atom. The minimum Gasteiger partial charge on any atom is -0.497 e. The van der Waals surface area contributed by atoms with Gasteiger partial charge in [-0.25, -0.2) is 4.79 Å². The first kappa shape index (κ1) is 32.3. The zero-order valence-corrected chi connectivity index (χ0v) is 28.2. The number of esters is 1. The van der Waals surface area contributed by atoms with Crippen LogP contribution in [0, 0.1) is 0 Å². The minimum atomic E-state index is -1.97.